The van der Waals surface area contributed by atoms with E-state index in [1.165, 1.54) is 25.7 Å². The van der Waals surface area contributed by atoms with Crippen molar-refractivity contribution in [3.8, 4) is 0 Å². The van der Waals surface area contributed by atoms with Gasteiger partial charge < -0.3 is 39.5 Å². The van der Waals surface area contributed by atoms with E-state index in [0.717, 1.165) is 70.6 Å². The van der Waals surface area contributed by atoms with Gasteiger partial charge >= 0.3 is 27.6 Å². The second kappa shape index (κ2) is 33.7. The number of carbonyl (C=O) groups excluding carboxylic acids is 3. The molecule has 1 rings (SSSR count). The van der Waals surface area contributed by atoms with E-state index in [0.29, 0.717) is 32.1 Å². The zero-order chi connectivity index (χ0) is 44.7. The summed E-state index contributed by atoms with van der Waals surface area (Å²) in [5, 5.41) is 30.5. The minimum absolute atomic E-state index is 0.0291. The van der Waals surface area contributed by atoms with E-state index in [4.69, 9.17) is 23.8 Å². The molecule has 0 heterocycles. The highest BCUT2D eigenvalue weighted by atomic mass is 31.2. The third kappa shape index (κ3) is 30.3. The van der Waals surface area contributed by atoms with E-state index in [-0.39, 0.29) is 31.0 Å². The Hall–Kier alpha value is -1.81. The van der Waals surface area contributed by atoms with Gasteiger partial charge in [-0.2, -0.15) is 0 Å². The number of carbonyl (C=O) groups is 3. The summed E-state index contributed by atoms with van der Waals surface area (Å²) in [4.78, 5) is 65.4. The molecule has 60 heavy (non-hydrogen) atoms. The Morgan fingerprint density at radius 1 is 0.717 bits per heavy atom. The number of hydrogen-bond donors (Lipinski definition) is 6. The molecule has 1 aliphatic carbocycles. The molecular weight excluding hydrogens is 822 g/mol. The fourth-order valence-electron chi connectivity index (χ4n) is 6.78. The van der Waals surface area contributed by atoms with Crippen LogP contribution < -0.4 is 0 Å². The summed E-state index contributed by atoms with van der Waals surface area (Å²) in [5.74, 6) is -1.88. The SMILES string of the molecule is CCCCCC/C=C\CCCCCCCC(=O)O[C@H](COC(=O)CCCCCC[C@H]1[C@@H](O)CC(=O)[C@@H]1/C=C/[C@@H](O)CCCCC)COP(=O)(O)OC[C@@H](O)COP(=O)(O)O. The molecule has 0 aromatic heterocycles. The van der Waals surface area contributed by atoms with Crippen LogP contribution in [0.25, 0.3) is 0 Å². The summed E-state index contributed by atoms with van der Waals surface area (Å²) in [7, 11) is -9.76. The summed E-state index contributed by atoms with van der Waals surface area (Å²) >= 11 is 0. The first-order chi connectivity index (χ1) is 28.6. The van der Waals surface area contributed by atoms with Gasteiger partial charge in [0.25, 0.3) is 0 Å². The van der Waals surface area contributed by atoms with Crippen molar-refractivity contribution in [2.45, 2.75) is 186 Å². The summed E-state index contributed by atoms with van der Waals surface area (Å²) < 4.78 is 47.7. The highest BCUT2D eigenvalue weighted by Gasteiger charge is 2.39. The largest absolute Gasteiger partial charge is 0.472 e. The van der Waals surface area contributed by atoms with Crippen molar-refractivity contribution >= 4 is 33.4 Å². The molecule has 18 heteroatoms. The maximum atomic E-state index is 12.7. The van der Waals surface area contributed by atoms with Gasteiger partial charge in [-0.15, -0.1) is 0 Å². The van der Waals surface area contributed by atoms with Crippen molar-refractivity contribution in [2.24, 2.45) is 11.8 Å². The van der Waals surface area contributed by atoms with Crippen molar-refractivity contribution in [2.75, 3.05) is 26.4 Å². The van der Waals surface area contributed by atoms with Crippen LogP contribution >= 0.6 is 15.6 Å². The Balaban J connectivity index is 2.54. The van der Waals surface area contributed by atoms with E-state index < -0.39 is 84.3 Å². The molecule has 0 aromatic rings. The third-order valence-electron chi connectivity index (χ3n) is 10.2. The second-order valence-corrected chi connectivity index (χ2v) is 18.4. The lowest BCUT2D eigenvalue weighted by Crippen LogP contribution is -2.30. The maximum absolute atomic E-state index is 12.7. The Bertz CT molecular complexity index is 1320. The fraction of sp³-hybridized carbons (Fsp3) is 0.833. The van der Waals surface area contributed by atoms with Gasteiger partial charge in [0, 0.05) is 25.2 Å². The van der Waals surface area contributed by atoms with Crippen molar-refractivity contribution in [3.05, 3.63) is 24.3 Å². The number of phosphoric ester groups is 2. The van der Waals surface area contributed by atoms with Gasteiger partial charge in [-0.1, -0.05) is 115 Å². The molecule has 0 bridgehead atoms. The van der Waals surface area contributed by atoms with Crippen LogP contribution in [0, 0.1) is 11.8 Å². The molecule has 7 atom stereocenters. The van der Waals surface area contributed by atoms with Gasteiger partial charge in [0.05, 0.1) is 32.0 Å². The van der Waals surface area contributed by atoms with E-state index in [1.54, 1.807) is 12.2 Å². The molecular formula is C42H76O16P2. The van der Waals surface area contributed by atoms with Crippen LogP contribution in [0.3, 0.4) is 0 Å². The number of hydrogen-bond acceptors (Lipinski definition) is 13. The van der Waals surface area contributed by atoms with Crippen molar-refractivity contribution in [1.82, 2.24) is 0 Å². The van der Waals surface area contributed by atoms with Crippen LogP contribution in [0.2, 0.25) is 0 Å². The summed E-state index contributed by atoms with van der Waals surface area (Å²) in [6, 6.07) is 0. The number of aliphatic hydroxyl groups is 3. The molecule has 0 aromatic carbocycles. The van der Waals surface area contributed by atoms with Crippen LogP contribution in [0.1, 0.15) is 162 Å². The lowest BCUT2D eigenvalue weighted by molar-refractivity contribution is -0.161. The van der Waals surface area contributed by atoms with Crippen molar-refractivity contribution < 1.29 is 76.6 Å². The predicted octanol–water partition coefficient (Wildman–Crippen LogP) is 7.71. The quantitative estimate of drug-likeness (QED) is 0.0150. The second-order valence-electron chi connectivity index (χ2n) is 15.8. The van der Waals surface area contributed by atoms with Gasteiger partial charge in [0.2, 0.25) is 0 Å². The highest BCUT2D eigenvalue weighted by Crippen LogP contribution is 2.44. The van der Waals surface area contributed by atoms with Crippen molar-refractivity contribution in [3.63, 3.8) is 0 Å². The third-order valence-corrected chi connectivity index (χ3v) is 11.6. The first kappa shape index (κ1) is 56.2. The zero-order valence-corrected chi connectivity index (χ0v) is 37.8. The lowest BCUT2D eigenvalue weighted by Gasteiger charge is -2.20. The topological polar surface area (TPSA) is 253 Å². The number of ether oxygens (including phenoxy) is 2. The lowest BCUT2D eigenvalue weighted by atomic mass is 9.88. The van der Waals surface area contributed by atoms with Gasteiger partial charge in [0.1, 0.15) is 18.5 Å². The first-order valence-corrected chi connectivity index (χ1v) is 25.2. The smallest absolute Gasteiger partial charge is 0.462 e. The van der Waals surface area contributed by atoms with Gasteiger partial charge in [-0.05, 0) is 57.3 Å². The summed E-state index contributed by atoms with van der Waals surface area (Å²) in [6.45, 7) is 1.36. The molecule has 0 amide bonds. The number of Topliss-reactive ketones (excluding diaryl/α,β-unsaturated/α-hetero) is 1. The number of allylic oxidation sites excluding steroid dienone is 3. The fourth-order valence-corrected chi connectivity index (χ4v) is 7.93. The number of rotatable bonds is 38. The molecule has 350 valence electrons. The van der Waals surface area contributed by atoms with E-state index in [1.807, 2.05) is 0 Å². The first-order valence-electron chi connectivity index (χ1n) is 22.1. The minimum Gasteiger partial charge on any atom is -0.462 e. The predicted molar refractivity (Wildman–Crippen MR) is 226 cm³/mol. The molecule has 1 unspecified atom stereocenters. The summed E-state index contributed by atoms with van der Waals surface area (Å²) in [6.07, 6.45) is 22.2. The van der Waals surface area contributed by atoms with Crippen LogP contribution in [-0.4, -0.2) is 98.6 Å². The number of esters is 2. The maximum Gasteiger partial charge on any atom is 0.472 e. The van der Waals surface area contributed by atoms with Gasteiger partial charge in [0.15, 0.2) is 6.10 Å². The molecule has 1 aliphatic rings. The Labute approximate surface area is 357 Å². The van der Waals surface area contributed by atoms with Crippen LogP contribution in [-0.2, 0) is 46.6 Å². The molecule has 6 N–H and O–H groups in total. The minimum atomic E-state index is -4.89. The Morgan fingerprint density at radius 2 is 1.27 bits per heavy atom. The summed E-state index contributed by atoms with van der Waals surface area (Å²) in [5.41, 5.74) is 0. The molecule has 1 saturated carbocycles. The average Bonchev–Trinajstić information content (AvgIpc) is 3.46. The highest BCUT2D eigenvalue weighted by molar-refractivity contribution is 7.47. The van der Waals surface area contributed by atoms with Crippen LogP contribution in [0.15, 0.2) is 24.3 Å². The number of phosphoric acid groups is 2. The normalized spacial score (nSPS) is 19.8. The van der Waals surface area contributed by atoms with Gasteiger partial charge in [-0.3, -0.25) is 28.0 Å². The molecule has 1 fully saturated rings. The van der Waals surface area contributed by atoms with Crippen LogP contribution in [0.4, 0.5) is 0 Å². The average molecular weight is 899 g/mol. The molecule has 0 radical (unpaired) electrons. The molecule has 0 aliphatic heterocycles. The standard InChI is InChI=1S/C42H76O16P2/c1-3-5-7-8-9-10-11-12-13-14-15-16-22-26-42(48)58-36(33-57-60(52,53)56-31-35(44)30-55-59(49,50)51)32-54-41(47)25-21-18-17-20-24-37-38(40(46)29-39(37)45)28-27-34(43)23-19-6-4-2/h10-11,27-28,34-39,43-45H,3-9,12-26,29-33H2,1-2H3,(H,52,53)(H2,49,50,51)/b11-10-,28-27+/t34-,35-,36+,37+,38+,39-/m0/s1. The number of ketones is 1. The van der Waals surface area contributed by atoms with E-state index >= 15 is 0 Å². The van der Waals surface area contributed by atoms with Gasteiger partial charge in [-0.25, -0.2) is 9.13 Å². The molecule has 16 nitrogen and oxygen atoms in total. The molecule has 0 spiro atoms. The monoisotopic (exact) mass is 898 g/mol. The number of unbranched alkanes of at least 4 members (excludes halogenated alkanes) is 14. The van der Waals surface area contributed by atoms with E-state index in [9.17, 15) is 43.7 Å². The Kier molecular flexibility index (Phi) is 31.6. The zero-order valence-electron chi connectivity index (χ0n) is 36.0. The Morgan fingerprint density at radius 3 is 1.92 bits per heavy atom. The van der Waals surface area contributed by atoms with Crippen LogP contribution in [0.5, 0.6) is 0 Å². The van der Waals surface area contributed by atoms with E-state index in [2.05, 4.69) is 35.0 Å². The number of aliphatic hydroxyl groups excluding tert-OH is 3. The van der Waals surface area contributed by atoms with Crippen molar-refractivity contribution in [1.29, 1.82) is 0 Å². The molecule has 0 saturated heterocycles.